The molecule has 174 valence electrons. The van der Waals surface area contributed by atoms with E-state index in [0.29, 0.717) is 5.92 Å². The first-order valence-electron chi connectivity index (χ1n) is 12.3. The fraction of sp³-hybridized carbons (Fsp3) is 0.481. The van der Waals surface area contributed by atoms with Crippen LogP contribution in [-0.4, -0.2) is 58.4 Å². The van der Waals surface area contributed by atoms with Crippen LogP contribution in [0, 0.1) is 11.8 Å². The molecule has 0 aliphatic carbocycles. The van der Waals surface area contributed by atoms with Crippen molar-refractivity contribution < 1.29 is 4.79 Å². The summed E-state index contributed by atoms with van der Waals surface area (Å²) in [5.41, 5.74) is 4.07. The van der Waals surface area contributed by atoms with Gasteiger partial charge in [-0.1, -0.05) is 43.0 Å². The number of aromatic amines is 1. The molecule has 5 rings (SSSR count). The first kappa shape index (κ1) is 22.5. The van der Waals surface area contributed by atoms with Crippen molar-refractivity contribution in [3.63, 3.8) is 0 Å². The summed E-state index contributed by atoms with van der Waals surface area (Å²) < 4.78 is 0. The van der Waals surface area contributed by atoms with Gasteiger partial charge in [0.15, 0.2) is 5.16 Å². The van der Waals surface area contributed by atoms with Crippen LogP contribution in [0.2, 0.25) is 0 Å². The monoisotopic (exact) mass is 462 g/mol. The van der Waals surface area contributed by atoms with Gasteiger partial charge in [0, 0.05) is 31.0 Å². The van der Waals surface area contributed by atoms with Crippen molar-refractivity contribution >= 4 is 28.7 Å². The molecule has 2 aliphatic rings. The van der Waals surface area contributed by atoms with Crippen LogP contribution >= 0.6 is 11.8 Å². The Bertz CT molecular complexity index is 1040. The number of likely N-dealkylation sites (tertiary alicyclic amines) is 2. The molecule has 1 N–H and O–H groups in total. The fourth-order valence-corrected chi connectivity index (χ4v) is 5.92. The van der Waals surface area contributed by atoms with E-state index < -0.39 is 0 Å². The number of hydrogen-bond donors (Lipinski definition) is 1. The lowest BCUT2D eigenvalue weighted by Gasteiger charge is -2.38. The molecule has 2 aliphatic heterocycles. The number of H-pyrrole nitrogens is 1. The molecule has 6 heteroatoms. The van der Waals surface area contributed by atoms with Crippen molar-refractivity contribution in [3.05, 3.63) is 59.7 Å². The zero-order valence-electron chi connectivity index (χ0n) is 19.5. The number of fused-ring (bicyclic) bond motifs is 1. The molecule has 0 spiro atoms. The fourth-order valence-electron chi connectivity index (χ4n) is 5.08. The summed E-state index contributed by atoms with van der Waals surface area (Å²) in [7, 11) is 0. The molecule has 2 saturated heterocycles. The van der Waals surface area contributed by atoms with Gasteiger partial charge in [-0.05, 0) is 80.4 Å². The molecule has 3 aromatic rings. The van der Waals surface area contributed by atoms with Crippen molar-refractivity contribution in [2.45, 2.75) is 43.5 Å². The van der Waals surface area contributed by atoms with E-state index >= 15 is 0 Å². The van der Waals surface area contributed by atoms with Gasteiger partial charge in [-0.25, -0.2) is 4.98 Å². The third-order valence-corrected chi connectivity index (χ3v) is 8.09. The third-order valence-electron chi connectivity index (χ3n) is 7.14. The number of hydrogen-bond acceptors (Lipinski definition) is 4. The summed E-state index contributed by atoms with van der Waals surface area (Å²) in [6.45, 7) is 7.73. The van der Waals surface area contributed by atoms with E-state index in [-0.39, 0.29) is 5.91 Å². The van der Waals surface area contributed by atoms with Gasteiger partial charge in [0.2, 0.25) is 0 Å². The molecule has 1 unspecified atom stereocenters. The number of carbonyl (C=O) groups excluding carboxylic acids is 1. The van der Waals surface area contributed by atoms with E-state index in [2.05, 4.69) is 38.8 Å². The number of para-hydroxylation sites is 2. The lowest BCUT2D eigenvalue weighted by Crippen LogP contribution is -2.45. The van der Waals surface area contributed by atoms with Crippen LogP contribution in [-0.2, 0) is 5.75 Å². The van der Waals surface area contributed by atoms with Gasteiger partial charge in [-0.15, -0.1) is 0 Å². The Kier molecular flexibility index (Phi) is 7.02. The number of benzene rings is 2. The highest BCUT2D eigenvalue weighted by Gasteiger charge is 2.27. The van der Waals surface area contributed by atoms with Crippen LogP contribution < -0.4 is 0 Å². The van der Waals surface area contributed by atoms with Crippen molar-refractivity contribution in [3.8, 4) is 0 Å². The number of thioether (sulfide) groups is 1. The van der Waals surface area contributed by atoms with Crippen LogP contribution in [0.3, 0.4) is 0 Å². The topological polar surface area (TPSA) is 52.2 Å². The number of piperidine rings is 2. The summed E-state index contributed by atoms with van der Waals surface area (Å²) in [4.78, 5) is 25.9. The Hall–Kier alpha value is -2.31. The number of imidazole rings is 1. The van der Waals surface area contributed by atoms with E-state index in [1.54, 1.807) is 11.8 Å². The average molecular weight is 463 g/mol. The Morgan fingerprint density at radius 1 is 1.06 bits per heavy atom. The zero-order valence-corrected chi connectivity index (χ0v) is 20.3. The average Bonchev–Trinajstić information content (AvgIpc) is 3.27. The van der Waals surface area contributed by atoms with Crippen molar-refractivity contribution in [2.75, 3.05) is 32.7 Å². The first-order valence-corrected chi connectivity index (χ1v) is 13.3. The molecule has 3 heterocycles. The number of nitrogens with zero attached hydrogens (tertiary/aromatic N) is 3. The van der Waals surface area contributed by atoms with Gasteiger partial charge in [-0.2, -0.15) is 0 Å². The molecule has 5 nitrogen and oxygen atoms in total. The summed E-state index contributed by atoms with van der Waals surface area (Å²) in [5, 5.41) is 0.930. The number of amides is 1. The van der Waals surface area contributed by atoms with Gasteiger partial charge in [0.25, 0.3) is 5.91 Å². The predicted molar refractivity (Wildman–Crippen MR) is 136 cm³/mol. The molecular formula is C27H34N4OS. The zero-order chi connectivity index (χ0) is 22.6. The largest absolute Gasteiger partial charge is 0.338 e. The second-order valence-electron chi connectivity index (χ2n) is 9.79. The quantitative estimate of drug-likeness (QED) is 0.496. The van der Waals surface area contributed by atoms with E-state index in [1.165, 1.54) is 37.9 Å². The minimum atomic E-state index is 0.184. The number of carbonyl (C=O) groups is 1. The van der Waals surface area contributed by atoms with Crippen LogP contribution in [0.4, 0.5) is 0 Å². The highest BCUT2D eigenvalue weighted by molar-refractivity contribution is 7.98. The minimum absolute atomic E-state index is 0.184. The van der Waals surface area contributed by atoms with Gasteiger partial charge < -0.3 is 14.8 Å². The predicted octanol–water partition coefficient (Wildman–Crippen LogP) is 5.44. The SMILES string of the molecule is CC1CCN(CC2CCCN(C(=O)c3ccc(CSc4nc5ccccc5[nH]4)cc3)C2)CC1. The Balaban J connectivity index is 1.14. The number of nitrogens with one attached hydrogen (secondary N) is 1. The van der Waals surface area contributed by atoms with Crippen LogP contribution in [0.25, 0.3) is 11.0 Å². The van der Waals surface area contributed by atoms with E-state index in [9.17, 15) is 4.79 Å². The molecule has 0 bridgehead atoms. The maximum absolute atomic E-state index is 13.2. The minimum Gasteiger partial charge on any atom is -0.338 e. The van der Waals surface area contributed by atoms with Crippen LogP contribution in [0.1, 0.15) is 48.5 Å². The van der Waals surface area contributed by atoms with Crippen molar-refractivity contribution in [1.29, 1.82) is 0 Å². The Morgan fingerprint density at radius 3 is 2.64 bits per heavy atom. The number of rotatable bonds is 6. The molecule has 0 radical (unpaired) electrons. The lowest BCUT2D eigenvalue weighted by atomic mass is 9.94. The van der Waals surface area contributed by atoms with Crippen molar-refractivity contribution in [1.82, 2.24) is 19.8 Å². The molecule has 1 atom stereocenters. The molecule has 2 fully saturated rings. The van der Waals surface area contributed by atoms with Gasteiger partial charge in [0.1, 0.15) is 0 Å². The van der Waals surface area contributed by atoms with Crippen molar-refractivity contribution in [2.24, 2.45) is 11.8 Å². The van der Waals surface area contributed by atoms with Crippen LogP contribution in [0.5, 0.6) is 0 Å². The highest BCUT2D eigenvalue weighted by atomic mass is 32.2. The molecule has 1 aromatic heterocycles. The highest BCUT2D eigenvalue weighted by Crippen LogP contribution is 2.25. The Labute approximate surface area is 201 Å². The second kappa shape index (κ2) is 10.3. The lowest BCUT2D eigenvalue weighted by molar-refractivity contribution is 0.0622. The molecule has 1 amide bonds. The summed E-state index contributed by atoms with van der Waals surface area (Å²) in [6.07, 6.45) is 4.99. The van der Waals surface area contributed by atoms with Gasteiger partial charge >= 0.3 is 0 Å². The molecular weight excluding hydrogens is 428 g/mol. The van der Waals surface area contributed by atoms with Crippen LogP contribution in [0.15, 0.2) is 53.7 Å². The summed E-state index contributed by atoms with van der Waals surface area (Å²) in [6, 6.07) is 16.2. The second-order valence-corrected chi connectivity index (χ2v) is 10.8. The summed E-state index contributed by atoms with van der Waals surface area (Å²) in [5.74, 6) is 2.49. The first-order chi connectivity index (χ1) is 16.1. The Morgan fingerprint density at radius 2 is 1.85 bits per heavy atom. The molecule has 2 aromatic carbocycles. The normalized spacial score (nSPS) is 20.4. The maximum Gasteiger partial charge on any atom is 0.253 e. The van der Waals surface area contributed by atoms with E-state index in [4.69, 9.17) is 0 Å². The molecule has 0 saturated carbocycles. The van der Waals surface area contributed by atoms with Gasteiger partial charge in [0.05, 0.1) is 11.0 Å². The number of aromatic nitrogens is 2. The summed E-state index contributed by atoms with van der Waals surface area (Å²) >= 11 is 1.69. The maximum atomic E-state index is 13.2. The smallest absolute Gasteiger partial charge is 0.253 e. The van der Waals surface area contributed by atoms with E-state index in [1.807, 2.05) is 36.4 Å². The standard InChI is InChI=1S/C27H34N4OS/c1-20-12-15-30(16-13-20)17-22-5-4-14-31(18-22)26(32)23-10-8-21(9-11-23)19-33-27-28-24-6-2-3-7-25(24)29-27/h2-3,6-11,20,22H,4-5,12-19H2,1H3,(H,28,29). The third kappa shape index (κ3) is 5.61. The van der Waals surface area contributed by atoms with E-state index in [0.717, 1.165) is 59.5 Å². The molecule has 33 heavy (non-hydrogen) atoms. The van der Waals surface area contributed by atoms with Gasteiger partial charge in [-0.3, -0.25) is 4.79 Å².